The third-order valence-electron chi connectivity index (χ3n) is 4.95. The summed E-state index contributed by atoms with van der Waals surface area (Å²) in [7, 11) is 0. The van der Waals surface area contributed by atoms with E-state index in [4.69, 9.17) is 0 Å². The summed E-state index contributed by atoms with van der Waals surface area (Å²) in [4.78, 5) is 13.6. The highest BCUT2D eigenvalue weighted by Crippen LogP contribution is 2.28. The summed E-state index contributed by atoms with van der Waals surface area (Å²) >= 11 is 1.74. The number of aliphatic hydroxyl groups excluding tert-OH is 1. The normalized spacial score (nSPS) is 19.2. The van der Waals surface area contributed by atoms with Gasteiger partial charge in [0.25, 0.3) is 5.91 Å². The van der Waals surface area contributed by atoms with Gasteiger partial charge in [0.05, 0.1) is 6.10 Å². The van der Waals surface area contributed by atoms with Gasteiger partial charge in [0.15, 0.2) is 0 Å². The first-order chi connectivity index (χ1) is 12.6. The van der Waals surface area contributed by atoms with Crippen LogP contribution in [0.2, 0.25) is 0 Å². The van der Waals surface area contributed by atoms with E-state index in [1.54, 1.807) is 11.8 Å². The first kappa shape index (κ1) is 17.1. The molecule has 0 radical (unpaired) electrons. The Labute approximate surface area is 157 Å². The number of hydrogen-bond acceptors (Lipinski definition) is 3. The van der Waals surface area contributed by atoms with Gasteiger partial charge >= 0.3 is 0 Å². The highest BCUT2D eigenvalue weighted by Gasteiger charge is 2.28. The third-order valence-corrected chi connectivity index (χ3v) is 5.68. The number of hydrogen-bond donors (Lipinski definition) is 2. The van der Waals surface area contributed by atoms with Gasteiger partial charge in [0.1, 0.15) is 0 Å². The summed E-state index contributed by atoms with van der Waals surface area (Å²) in [6.45, 7) is 0. The fourth-order valence-corrected chi connectivity index (χ4v) is 3.80. The van der Waals surface area contributed by atoms with Crippen LogP contribution in [0.3, 0.4) is 0 Å². The summed E-state index contributed by atoms with van der Waals surface area (Å²) in [5.74, 6) is -0.0689. The molecule has 0 aromatic heterocycles. The maximum Gasteiger partial charge on any atom is 0.251 e. The molecular formula is C22H21NO2S. The Morgan fingerprint density at radius 1 is 1.00 bits per heavy atom. The average Bonchev–Trinajstić information content (AvgIpc) is 2.66. The number of fused-ring (bicyclic) bond motifs is 1. The molecule has 1 aliphatic rings. The van der Waals surface area contributed by atoms with Crippen LogP contribution < -0.4 is 5.32 Å². The van der Waals surface area contributed by atoms with Gasteiger partial charge in [-0.3, -0.25) is 4.79 Å². The van der Waals surface area contributed by atoms with Gasteiger partial charge in [-0.15, -0.1) is 11.8 Å². The van der Waals surface area contributed by atoms with Gasteiger partial charge in [0.2, 0.25) is 0 Å². The number of rotatable bonds is 4. The monoisotopic (exact) mass is 363 g/mol. The first-order valence-corrected chi connectivity index (χ1v) is 10.0. The highest BCUT2D eigenvalue weighted by molar-refractivity contribution is 7.98. The molecule has 1 saturated carbocycles. The number of carbonyl (C=O) groups excluding carboxylic acids is 1. The van der Waals surface area contributed by atoms with Gasteiger partial charge in [-0.2, -0.15) is 0 Å². The van der Waals surface area contributed by atoms with E-state index in [0.717, 1.165) is 10.8 Å². The minimum Gasteiger partial charge on any atom is -0.393 e. The quantitative estimate of drug-likeness (QED) is 0.672. The van der Waals surface area contributed by atoms with E-state index in [2.05, 4.69) is 54.0 Å². The Balaban J connectivity index is 1.58. The molecule has 0 saturated heterocycles. The predicted octanol–water partition coefficient (Wildman–Crippen LogP) is 4.48. The van der Waals surface area contributed by atoms with Crippen LogP contribution in [0.1, 0.15) is 23.2 Å². The molecule has 4 rings (SSSR count). The van der Waals surface area contributed by atoms with Crippen molar-refractivity contribution in [2.24, 2.45) is 0 Å². The van der Waals surface area contributed by atoms with Crippen molar-refractivity contribution < 1.29 is 9.90 Å². The standard InChI is InChI=1S/C22H21NO2S/c1-26-21-4-2-3-14(11-21)15-5-6-17-10-18(8-7-16(17)9-15)22(25)23-19-12-20(24)13-19/h2-11,19-20,24H,12-13H2,1H3,(H,23,25). The zero-order valence-corrected chi connectivity index (χ0v) is 15.4. The Bertz CT molecular complexity index is 963. The fourth-order valence-electron chi connectivity index (χ4n) is 3.34. The number of amides is 1. The fraction of sp³-hybridized carbons (Fsp3) is 0.227. The molecule has 3 aromatic rings. The smallest absolute Gasteiger partial charge is 0.251 e. The number of nitrogens with one attached hydrogen (secondary N) is 1. The molecule has 1 amide bonds. The average molecular weight is 363 g/mol. The number of carbonyl (C=O) groups is 1. The van der Waals surface area contributed by atoms with E-state index in [0.29, 0.717) is 18.4 Å². The van der Waals surface area contributed by atoms with Crippen molar-refractivity contribution >= 4 is 28.4 Å². The lowest BCUT2D eigenvalue weighted by Crippen LogP contribution is -2.46. The topological polar surface area (TPSA) is 49.3 Å². The SMILES string of the molecule is CSc1cccc(-c2ccc3cc(C(=O)NC4CC(O)C4)ccc3c2)c1. The molecule has 1 aliphatic carbocycles. The van der Waals surface area contributed by atoms with Crippen LogP contribution in [0.25, 0.3) is 21.9 Å². The summed E-state index contributed by atoms with van der Waals surface area (Å²) in [5, 5.41) is 14.5. The number of aliphatic hydroxyl groups is 1. The zero-order chi connectivity index (χ0) is 18.1. The van der Waals surface area contributed by atoms with Gasteiger partial charge in [-0.05, 0) is 71.3 Å². The second-order valence-corrected chi connectivity index (χ2v) is 7.68. The largest absolute Gasteiger partial charge is 0.393 e. The Morgan fingerprint density at radius 2 is 1.73 bits per heavy atom. The van der Waals surface area contributed by atoms with Crippen molar-refractivity contribution in [1.29, 1.82) is 0 Å². The molecule has 26 heavy (non-hydrogen) atoms. The summed E-state index contributed by atoms with van der Waals surface area (Å²) in [6.07, 6.45) is 3.12. The van der Waals surface area contributed by atoms with E-state index in [-0.39, 0.29) is 18.1 Å². The number of benzene rings is 3. The van der Waals surface area contributed by atoms with Crippen LogP contribution in [0.5, 0.6) is 0 Å². The number of thioether (sulfide) groups is 1. The maximum absolute atomic E-state index is 12.4. The van der Waals surface area contributed by atoms with Crippen molar-refractivity contribution in [3.63, 3.8) is 0 Å². The lowest BCUT2D eigenvalue weighted by atomic mass is 9.89. The van der Waals surface area contributed by atoms with Crippen LogP contribution in [0.15, 0.2) is 65.6 Å². The molecule has 0 heterocycles. The predicted molar refractivity (Wildman–Crippen MR) is 108 cm³/mol. The van der Waals surface area contributed by atoms with E-state index in [1.807, 2.05) is 18.2 Å². The molecule has 0 unspecified atom stereocenters. The minimum atomic E-state index is -0.264. The second kappa shape index (κ2) is 7.14. The second-order valence-electron chi connectivity index (χ2n) is 6.80. The molecule has 2 N–H and O–H groups in total. The van der Waals surface area contributed by atoms with E-state index < -0.39 is 0 Å². The Hall–Kier alpha value is -2.30. The van der Waals surface area contributed by atoms with Crippen molar-refractivity contribution in [1.82, 2.24) is 5.32 Å². The summed E-state index contributed by atoms with van der Waals surface area (Å²) < 4.78 is 0. The zero-order valence-electron chi connectivity index (χ0n) is 14.6. The van der Waals surface area contributed by atoms with E-state index in [9.17, 15) is 9.90 Å². The van der Waals surface area contributed by atoms with Crippen LogP contribution in [-0.2, 0) is 0 Å². The maximum atomic E-state index is 12.4. The molecule has 0 aliphatic heterocycles. The van der Waals surface area contributed by atoms with Gasteiger partial charge < -0.3 is 10.4 Å². The Kier molecular flexibility index (Phi) is 4.70. The first-order valence-electron chi connectivity index (χ1n) is 8.79. The molecular weight excluding hydrogens is 342 g/mol. The van der Waals surface area contributed by atoms with E-state index >= 15 is 0 Å². The molecule has 1 fully saturated rings. The van der Waals surface area contributed by atoms with Crippen molar-refractivity contribution in [3.05, 3.63) is 66.2 Å². The highest BCUT2D eigenvalue weighted by atomic mass is 32.2. The van der Waals surface area contributed by atoms with Gasteiger partial charge in [-0.25, -0.2) is 0 Å². The molecule has 3 nitrogen and oxygen atoms in total. The summed E-state index contributed by atoms with van der Waals surface area (Å²) in [5.41, 5.74) is 3.04. The van der Waals surface area contributed by atoms with Crippen LogP contribution in [-0.4, -0.2) is 29.4 Å². The molecule has 3 aromatic carbocycles. The van der Waals surface area contributed by atoms with Gasteiger partial charge in [-0.1, -0.05) is 30.3 Å². The molecule has 4 heteroatoms. The molecule has 0 spiro atoms. The molecule has 132 valence electrons. The van der Waals surface area contributed by atoms with E-state index in [1.165, 1.54) is 16.0 Å². The Morgan fingerprint density at radius 3 is 2.50 bits per heavy atom. The lowest BCUT2D eigenvalue weighted by molar-refractivity contribution is 0.0563. The van der Waals surface area contributed by atoms with Crippen LogP contribution in [0.4, 0.5) is 0 Å². The molecule has 0 atom stereocenters. The van der Waals surface area contributed by atoms with Crippen molar-refractivity contribution in [2.45, 2.75) is 29.9 Å². The summed E-state index contributed by atoms with van der Waals surface area (Å²) in [6, 6.07) is 20.7. The van der Waals surface area contributed by atoms with Crippen molar-refractivity contribution in [2.75, 3.05) is 6.26 Å². The van der Waals surface area contributed by atoms with Crippen LogP contribution >= 0.6 is 11.8 Å². The van der Waals surface area contributed by atoms with Crippen LogP contribution in [0, 0.1) is 0 Å². The third kappa shape index (κ3) is 3.48. The van der Waals surface area contributed by atoms with Crippen molar-refractivity contribution in [3.8, 4) is 11.1 Å². The lowest BCUT2D eigenvalue weighted by Gasteiger charge is -2.31. The molecule has 0 bridgehead atoms. The van der Waals surface area contributed by atoms with Gasteiger partial charge in [0, 0.05) is 16.5 Å². The minimum absolute atomic E-state index is 0.0689.